The molecule has 0 aliphatic rings. The Hall–Kier alpha value is -0.650. The first kappa shape index (κ1) is 20.3. The number of amides is 1. The van der Waals surface area contributed by atoms with Gasteiger partial charge in [0.05, 0.1) is 0 Å². The van der Waals surface area contributed by atoms with Crippen molar-refractivity contribution < 1.29 is 4.79 Å². The molecule has 0 aromatic carbocycles. The van der Waals surface area contributed by atoms with Crippen molar-refractivity contribution in [2.75, 3.05) is 13.1 Å². The molecule has 21 heavy (non-hydrogen) atoms. The molecule has 0 unspecified atom stereocenters. The molecule has 0 fully saturated rings. The van der Waals surface area contributed by atoms with E-state index in [9.17, 15) is 4.79 Å². The number of aromatic nitrogens is 1. The third kappa shape index (κ3) is 7.25. The van der Waals surface area contributed by atoms with Crippen LogP contribution in [-0.2, 0) is 6.54 Å². The average molecular weight is 334 g/mol. The fourth-order valence-electron chi connectivity index (χ4n) is 2.09. The van der Waals surface area contributed by atoms with Crippen LogP contribution in [0.1, 0.15) is 67.9 Å². The summed E-state index contributed by atoms with van der Waals surface area (Å²) in [6.07, 6.45) is 6.83. The summed E-state index contributed by atoms with van der Waals surface area (Å²) >= 11 is 1.47. The number of rotatable bonds is 10. The van der Waals surface area contributed by atoms with Gasteiger partial charge in [-0.05, 0) is 12.8 Å². The Morgan fingerprint density at radius 3 is 2.19 bits per heavy atom. The van der Waals surface area contributed by atoms with Gasteiger partial charge in [0.2, 0.25) is 0 Å². The highest BCUT2D eigenvalue weighted by Gasteiger charge is 2.17. The SMILES string of the molecule is CCCCCN(CCCCC)C(=O)c1csc(CN)n1.Cl. The van der Waals surface area contributed by atoms with E-state index in [1.807, 2.05) is 10.3 Å². The zero-order valence-electron chi connectivity index (χ0n) is 13.1. The van der Waals surface area contributed by atoms with Gasteiger partial charge in [0.25, 0.3) is 5.91 Å². The lowest BCUT2D eigenvalue weighted by Crippen LogP contribution is -2.33. The van der Waals surface area contributed by atoms with E-state index in [4.69, 9.17) is 5.73 Å². The summed E-state index contributed by atoms with van der Waals surface area (Å²) in [5.41, 5.74) is 6.12. The standard InChI is InChI=1S/C15H27N3OS.ClH/c1-3-5-7-9-18(10-8-6-4-2)15(19)13-12-20-14(11-16)17-13;/h12H,3-11,16H2,1-2H3;1H. The highest BCUT2D eigenvalue weighted by atomic mass is 35.5. The van der Waals surface area contributed by atoms with E-state index in [1.54, 1.807) is 0 Å². The van der Waals surface area contributed by atoms with Crippen LogP contribution in [0.25, 0.3) is 0 Å². The number of carbonyl (C=O) groups is 1. The number of unbranched alkanes of at least 4 members (excludes halogenated alkanes) is 4. The molecule has 6 heteroatoms. The molecule has 0 atom stereocenters. The molecule has 1 amide bonds. The topological polar surface area (TPSA) is 59.2 Å². The second-order valence-electron chi connectivity index (χ2n) is 5.04. The molecule has 122 valence electrons. The molecule has 0 saturated carbocycles. The molecule has 4 nitrogen and oxygen atoms in total. The normalized spacial score (nSPS) is 10.2. The van der Waals surface area contributed by atoms with Crippen LogP contribution in [-0.4, -0.2) is 28.9 Å². The number of nitrogens with zero attached hydrogens (tertiary/aromatic N) is 2. The van der Waals surface area contributed by atoms with Gasteiger partial charge in [-0.3, -0.25) is 4.79 Å². The lowest BCUT2D eigenvalue weighted by molar-refractivity contribution is 0.0744. The van der Waals surface area contributed by atoms with Crippen LogP contribution in [0.4, 0.5) is 0 Å². The number of hydrogen-bond donors (Lipinski definition) is 1. The van der Waals surface area contributed by atoms with Gasteiger partial charge in [-0.1, -0.05) is 39.5 Å². The quantitative estimate of drug-likeness (QED) is 0.662. The summed E-state index contributed by atoms with van der Waals surface area (Å²) in [5.74, 6) is 0.0631. The molecule has 0 radical (unpaired) electrons. The minimum atomic E-state index is 0. The molecule has 1 heterocycles. The van der Waals surface area contributed by atoms with Crippen LogP contribution in [0.3, 0.4) is 0 Å². The second kappa shape index (κ2) is 12.0. The highest BCUT2D eigenvalue weighted by Crippen LogP contribution is 2.13. The number of thiazole rings is 1. The van der Waals surface area contributed by atoms with E-state index in [0.29, 0.717) is 12.2 Å². The Morgan fingerprint density at radius 1 is 1.19 bits per heavy atom. The van der Waals surface area contributed by atoms with E-state index < -0.39 is 0 Å². The molecule has 2 N–H and O–H groups in total. The van der Waals surface area contributed by atoms with Crippen LogP contribution in [0.2, 0.25) is 0 Å². The zero-order valence-corrected chi connectivity index (χ0v) is 14.8. The molecular weight excluding hydrogens is 306 g/mol. The summed E-state index contributed by atoms with van der Waals surface area (Å²) in [6, 6.07) is 0. The first-order valence-corrected chi connectivity index (χ1v) is 8.54. The Labute approximate surface area is 138 Å². The van der Waals surface area contributed by atoms with Crippen molar-refractivity contribution in [1.82, 2.24) is 9.88 Å². The summed E-state index contributed by atoms with van der Waals surface area (Å²) in [7, 11) is 0. The Morgan fingerprint density at radius 2 is 1.76 bits per heavy atom. The van der Waals surface area contributed by atoms with E-state index in [0.717, 1.165) is 30.9 Å². The molecule has 1 rings (SSSR count). The molecule has 0 aliphatic carbocycles. The van der Waals surface area contributed by atoms with Gasteiger partial charge >= 0.3 is 0 Å². The van der Waals surface area contributed by atoms with E-state index in [1.165, 1.54) is 37.0 Å². The van der Waals surface area contributed by atoms with Gasteiger partial charge in [0, 0.05) is 25.0 Å². The van der Waals surface area contributed by atoms with Gasteiger partial charge < -0.3 is 10.6 Å². The van der Waals surface area contributed by atoms with Gasteiger partial charge in [-0.25, -0.2) is 4.98 Å². The summed E-state index contributed by atoms with van der Waals surface area (Å²) in [6.45, 7) is 6.44. The number of hydrogen-bond acceptors (Lipinski definition) is 4. The predicted octanol–water partition coefficient (Wildman–Crippen LogP) is 3.85. The first-order valence-electron chi connectivity index (χ1n) is 7.66. The molecule has 0 aliphatic heterocycles. The third-order valence-corrected chi connectivity index (χ3v) is 4.17. The molecule has 1 aromatic heterocycles. The molecule has 0 bridgehead atoms. The highest BCUT2D eigenvalue weighted by molar-refractivity contribution is 7.09. The molecular formula is C15H28ClN3OS. The maximum atomic E-state index is 12.5. The number of carbonyl (C=O) groups excluding carboxylic acids is 1. The number of halogens is 1. The predicted molar refractivity (Wildman–Crippen MR) is 92.2 cm³/mol. The van der Waals surface area contributed by atoms with Crippen molar-refractivity contribution in [3.05, 3.63) is 16.1 Å². The minimum Gasteiger partial charge on any atom is -0.337 e. The van der Waals surface area contributed by atoms with Crippen molar-refractivity contribution in [3.63, 3.8) is 0 Å². The van der Waals surface area contributed by atoms with Crippen molar-refractivity contribution in [1.29, 1.82) is 0 Å². The monoisotopic (exact) mass is 333 g/mol. The van der Waals surface area contributed by atoms with Crippen molar-refractivity contribution in [3.8, 4) is 0 Å². The average Bonchev–Trinajstić information content (AvgIpc) is 2.94. The summed E-state index contributed by atoms with van der Waals surface area (Å²) in [4.78, 5) is 18.8. The van der Waals surface area contributed by atoms with E-state index >= 15 is 0 Å². The van der Waals surface area contributed by atoms with Crippen molar-refractivity contribution in [2.45, 2.75) is 58.9 Å². The van der Waals surface area contributed by atoms with Crippen molar-refractivity contribution >= 4 is 29.7 Å². The summed E-state index contributed by atoms with van der Waals surface area (Å²) < 4.78 is 0. The summed E-state index contributed by atoms with van der Waals surface area (Å²) in [5, 5.41) is 2.66. The largest absolute Gasteiger partial charge is 0.337 e. The van der Waals surface area contributed by atoms with Gasteiger partial charge in [-0.2, -0.15) is 0 Å². The third-order valence-electron chi connectivity index (χ3n) is 3.30. The lowest BCUT2D eigenvalue weighted by atomic mass is 10.2. The van der Waals surface area contributed by atoms with Gasteiger partial charge in [0.1, 0.15) is 10.7 Å². The first-order chi connectivity index (χ1) is 9.72. The molecule has 0 saturated heterocycles. The van der Waals surface area contributed by atoms with Crippen LogP contribution < -0.4 is 5.73 Å². The van der Waals surface area contributed by atoms with Gasteiger partial charge in [0.15, 0.2) is 0 Å². The molecule has 1 aromatic rings. The minimum absolute atomic E-state index is 0. The zero-order chi connectivity index (χ0) is 14.8. The van der Waals surface area contributed by atoms with E-state index in [2.05, 4.69) is 18.8 Å². The van der Waals surface area contributed by atoms with E-state index in [-0.39, 0.29) is 18.3 Å². The fourth-order valence-corrected chi connectivity index (χ4v) is 2.73. The van der Waals surface area contributed by atoms with Crippen LogP contribution >= 0.6 is 23.7 Å². The maximum Gasteiger partial charge on any atom is 0.273 e. The lowest BCUT2D eigenvalue weighted by Gasteiger charge is -2.21. The molecule has 0 spiro atoms. The number of nitrogens with two attached hydrogens (primary N) is 1. The Bertz CT molecular complexity index is 388. The van der Waals surface area contributed by atoms with Crippen molar-refractivity contribution in [2.24, 2.45) is 5.73 Å². The Kier molecular flexibility index (Phi) is 11.6. The van der Waals surface area contributed by atoms with Crippen LogP contribution in [0.15, 0.2) is 5.38 Å². The van der Waals surface area contributed by atoms with Crippen LogP contribution in [0.5, 0.6) is 0 Å². The van der Waals surface area contributed by atoms with Gasteiger partial charge in [-0.15, -0.1) is 23.7 Å². The maximum absolute atomic E-state index is 12.5. The van der Waals surface area contributed by atoms with Crippen LogP contribution in [0, 0.1) is 0 Å². The second-order valence-corrected chi connectivity index (χ2v) is 5.98. The smallest absolute Gasteiger partial charge is 0.273 e. The fraction of sp³-hybridized carbons (Fsp3) is 0.733. The Balaban J connectivity index is 0.00000400.